The summed E-state index contributed by atoms with van der Waals surface area (Å²) in [7, 11) is 0. The highest BCUT2D eigenvalue weighted by Crippen LogP contribution is 2.17. The first-order chi connectivity index (χ1) is 8.95. The van der Waals surface area contributed by atoms with Crippen LogP contribution in [0.25, 0.3) is 0 Å². The van der Waals surface area contributed by atoms with Crippen molar-refractivity contribution in [2.45, 2.75) is 39.4 Å². The van der Waals surface area contributed by atoms with Gasteiger partial charge in [-0.15, -0.1) is 0 Å². The standard InChI is InChI=1S/C15H22N2O2/c1-10-4-5-14(16)13(6-10)7-15(18)17-8-11(2)19-12(3)9-17/h4-6,11-12H,7-9,16H2,1-3H3/t11-,12+. The molecule has 4 nitrogen and oxygen atoms in total. The Kier molecular flexibility index (Phi) is 4.10. The predicted octanol–water partition coefficient (Wildman–Crippen LogP) is 1.76. The van der Waals surface area contributed by atoms with Crippen molar-refractivity contribution in [1.82, 2.24) is 4.90 Å². The molecule has 0 bridgehead atoms. The van der Waals surface area contributed by atoms with Crippen molar-refractivity contribution in [1.29, 1.82) is 0 Å². The van der Waals surface area contributed by atoms with E-state index < -0.39 is 0 Å². The highest BCUT2D eigenvalue weighted by Gasteiger charge is 2.25. The van der Waals surface area contributed by atoms with Crippen molar-refractivity contribution < 1.29 is 9.53 Å². The second-order valence-electron chi connectivity index (χ2n) is 5.44. The van der Waals surface area contributed by atoms with Gasteiger partial charge in [-0.25, -0.2) is 0 Å². The number of anilines is 1. The first-order valence-corrected chi connectivity index (χ1v) is 6.74. The van der Waals surface area contributed by atoms with Crippen LogP contribution in [0.5, 0.6) is 0 Å². The molecule has 1 aliphatic rings. The van der Waals surface area contributed by atoms with Crippen LogP contribution in [-0.4, -0.2) is 36.1 Å². The van der Waals surface area contributed by atoms with E-state index in [9.17, 15) is 4.79 Å². The van der Waals surface area contributed by atoms with Gasteiger partial charge in [-0.1, -0.05) is 17.7 Å². The van der Waals surface area contributed by atoms with Crippen molar-refractivity contribution in [2.24, 2.45) is 0 Å². The van der Waals surface area contributed by atoms with Crippen LogP contribution in [0.4, 0.5) is 5.69 Å². The molecule has 0 unspecified atom stereocenters. The maximum atomic E-state index is 12.3. The summed E-state index contributed by atoms with van der Waals surface area (Å²) in [4.78, 5) is 14.2. The number of nitrogens with two attached hydrogens (primary N) is 1. The number of carbonyl (C=O) groups excluding carboxylic acids is 1. The average Bonchev–Trinajstić information content (AvgIpc) is 2.32. The van der Waals surface area contributed by atoms with Gasteiger partial charge in [0.15, 0.2) is 0 Å². The Bertz CT molecular complexity index is 463. The van der Waals surface area contributed by atoms with Gasteiger partial charge in [-0.3, -0.25) is 4.79 Å². The third-order valence-corrected chi connectivity index (χ3v) is 3.41. The van der Waals surface area contributed by atoms with Crippen LogP contribution in [0.15, 0.2) is 18.2 Å². The second kappa shape index (κ2) is 5.61. The monoisotopic (exact) mass is 262 g/mol. The van der Waals surface area contributed by atoms with Gasteiger partial charge < -0.3 is 15.4 Å². The number of amides is 1. The molecule has 0 spiro atoms. The summed E-state index contributed by atoms with van der Waals surface area (Å²) in [5, 5.41) is 0. The highest BCUT2D eigenvalue weighted by molar-refractivity contribution is 5.80. The molecule has 1 saturated heterocycles. The molecule has 0 aliphatic carbocycles. The minimum absolute atomic E-state index is 0.0996. The molecule has 0 radical (unpaired) electrons. The van der Waals surface area contributed by atoms with Gasteiger partial charge in [0.2, 0.25) is 5.91 Å². The topological polar surface area (TPSA) is 55.6 Å². The molecule has 2 N–H and O–H groups in total. The predicted molar refractivity (Wildman–Crippen MR) is 75.9 cm³/mol. The normalized spacial score (nSPS) is 23.4. The number of aryl methyl sites for hydroxylation is 1. The summed E-state index contributed by atoms with van der Waals surface area (Å²) in [5.74, 6) is 0.124. The number of hydrogen-bond donors (Lipinski definition) is 1. The van der Waals surface area contributed by atoms with E-state index in [1.807, 2.05) is 43.9 Å². The number of hydrogen-bond acceptors (Lipinski definition) is 3. The number of benzene rings is 1. The number of carbonyl (C=O) groups is 1. The molecule has 1 heterocycles. The first kappa shape index (κ1) is 13.9. The van der Waals surface area contributed by atoms with Crippen LogP contribution in [-0.2, 0) is 16.0 Å². The van der Waals surface area contributed by atoms with Crippen molar-refractivity contribution in [2.75, 3.05) is 18.8 Å². The summed E-state index contributed by atoms with van der Waals surface area (Å²) in [6.07, 6.45) is 0.567. The van der Waals surface area contributed by atoms with Crippen molar-refractivity contribution in [3.8, 4) is 0 Å². The quantitative estimate of drug-likeness (QED) is 0.826. The number of ether oxygens (including phenoxy) is 1. The molecule has 0 saturated carbocycles. The Morgan fingerprint density at radius 2 is 2.00 bits per heavy atom. The van der Waals surface area contributed by atoms with Crippen LogP contribution in [0.2, 0.25) is 0 Å². The molecule has 0 aromatic heterocycles. The van der Waals surface area contributed by atoms with Gasteiger partial charge in [0.1, 0.15) is 0 Å². The first-order valence-electron chi connectivity index (χ1n) is 6.74. The van der Waals surface area contributed by atoms with Crippen molar-refractivity contribution in [3.63, 3.8) is 0 Å². The molecule has 1 aromatic carbocycles. The van der Waals surface area contributed by atoms with E-state index in [1.54, 1.807) is 0 Å². The van der Waals surface area contributed by atoms with Crippen LogP contribution >= 0.6 is 0 Å². The smallest absolute Gasteiger partial charge is 0.227 e. The van der Waals surface area contributed by atoms with E-state index in [1.165, 1.54) is 0 Å². The fourth-order valence-corrected chi connectivity index (χ4v) is 2.54. The van der Waals surface area contributed by atoms with Crippen LogP contribution in [0.1, 0.15) is 25.0 Å². The minimum Gasteiger partial charge on any atom is -0.398 e. The zero-order chi connectivity index (χ0) is 14.0. The fourth-order valence-electron chi connectivity index (χ4n) is 2.54. The number of morpholine rings is 1. The molecule has 1 amide bonds. The Morgan fingerprint density at radius 1 is 1.37 bits per heavy atom. The number of nitrogens with zero attached hydrogens (tertiary/aromatic N) is 1. The summed E-state index contributed by atoms with van der Waals surface area (Å²) in [6.45, 7) is 7.32. The van der Waals surface area contributed by atoms with Crippen molar-refractivity contribution in [3.05, 3.63) is 29.3 Å². The summed E-state index contributed by atoms with van der Waals surface area (Å²) >= 11 is 0. The van der Waals surface area contributed by atoms with E-state index in [4.69, 9.17) is 10.5 Å². The molecule has 1 fully saturated rings. The Hall–Kier alpha value is -1.55. The Balaban J connectivity index is 2.06. The maximum absolute atomic E-state index is 12.3. The third-order valence-electron chi connectivity index (χ3n) is 3.41. The molecule has 19 heavy (non-hydrogen) atoms. The number of nitrogen functional groups attached to an aromatic ring is 1. The minimum atomic E-state index is 0.0996. The van der Waals surface area contributed by atoms with E-state index in [0.717, 1.165) is 11.1 Å². The summed E-state index contributed by atoms with van der Waals surface area (Å²) < 4.78 is 5.64. The van der Waals surface area contributed by atoms with Gasteiger partial charge in [-0.2, -0.15) is 0 Å². The molecular weight excluding hydrogens is 240 g/mol. The lowest BCUT2D eigenvalue weighted by molar-refractivity contribution is -0.142. The fraction of sp³-hybridized carbons (Fsp3) is 0.533. The van der Waals surface area contributed by atoms with Gasteiger partial charge in [0, 0.05) is 18.8 Å². The molecule has 104 valence electrons. The van der Waals surface area contributed by atoms with Gasteiger partial charge in [0.05, 0.1) is 18.6 Å². The van der Waals surface area contributed by atoms with Gasteiger partial charge in [-0.05, 0) is 32.4 Å². The molecule has 1 aliphatic heterocycles. The molecule has 2 atom stereocenters. The third kappa shape index (κ3) is 3.47. The zero-order valence-electron chi connectivity index (χ0n) is 11.8. The average molecular weight is 262 g/mol. The van der Waals surface area contributed by atoms with Crippen molar-refractivity contribution >= 4 is 11.6 Å². The SMILES string of the molecule is Cc1ccc(N)c(CC(=O)N2C[C@@H](C)O[C@@H](C)C2)c1. The molecule has 4 heteroatoms. The van der Waals surface area contributed by atoms with Gasteiger partial charge >= 0.3 is 0 Å². The number of rotatable bonds is 2. The summed E-state index contributed by atoms with van der Waals surface area (Å²) in [6, 6.07) is 5.81. The van der Waals surface area contributed by atoms with Gasteiger partial charge in [0.25, 0.3) is 0 Å². The van der Waals surface area contributed by atoms with Crippen LogP contribution in [0.3, 0.4) is 0 Å². The lowest BCUT2D eigenvalue weighted by atomic mass is 10.1. The highest BCUT2D eigenvalue weighted by atomic mass is 16.5. The Morgan fingerprint density at radius 3 is 2.63 bits per heavy atom. The zero-order valence-corrected chi connectivity index (χ0v) is 11.8. The van der Waals surface area contributed by atoms with Crippen LogP contribution in [0, 0.1) is 6.92 Å². The molecular formula is C15H22N2O2. The van der Waals surface area contributed by atoms with Crippen LogP contribution < -0.4 is 5.73 Å². The molecule has 2 rings (SSSR count). The van der Waals surface area contributed by atoms with E-state index in [0.29, 0.717) is 25.2 Å². The van der Waals surface area contributed by atoms with E-state index >= 15 is 0 Å². The van der Waals surface area contributed by atoms with E-state index in [2.05, 4.69) is 0 Å². The largest absolute Gasteiger partial charge is 0.398 e. The lowest BCUT2D eigenvalue weighted by Crippen LogP contribution is -2.48. The molecule has 1 aromatic rings. The maximum Gasteiger partial charge on any atom is 0.227 e. The second-order valence-corrected chi connectivity index (χ2v) is 5.44. The Labute approximate surface area is 114 Å². The summed E-state index contributed by atoms with van der Waals surface area (Å²) in [5.41, 5.74) is 8.65. The van der Waals surface area contributed by atoms with E-state index in [-0.39, 0.29) is 18.1 Å². The lowest BCUT2D eigenvalue weighted by Gasteiger charge is -2.35.